The van der Waals surface area contributed by atoms with Crippen LogP contribution >= 0.6 is 0 Å². The summed E-state index contributed by atoms with van der Waals surface area (Å²) in [5.74, 6) is 4.74. The lowest BCUT2D eigenvalue weighted by Gasteiger charge is -2.17. The van der Waals surface area contributed by atoms with E-state index in [0.29, 0.717) is 40.8 Å². The zero-order chi connectivity index (χ0) is 48.5. The Morgan fingerprint density at radius 1 is 0.278 bits per heavy atom. The van der Waals surface area contributed by atoms with Crippen LogP contribution < -0.4 is 0 Å². The fourth-order valence-corrected chi connectivity index (χ4v) is 10.3. The molecule has 0 spiro atoms. The Morgan fingerprint density at radius 2 is 0.708 bits per heavy atom. The number of aromatic nitrogens is 10. The first-order valence-corrected chi connectivity index (χ1v) is 24.0. The van der Waals surface area contributed by atoms with Crippen LogP contribution in [0.15, 0.2) is 194 Å². The first-order chi connectivity index (χ1) is 35.3. The van der Waals surface area contributed by atoms with E-state index in [1.807, 2.05) is 64.1 Å². The maximum Gasteiger partial charge on any atom is 0.163 e. The molecule has 72 heavy (non-hydrogen) atoms. The third-order valence-corrected chi connectivity index (χ3v) is 13.4. The molecule has 13 aromatic rings. The summed E-state index contributed by atoms with van der Waals surface area (Å²) in [7, 11) is 0. The summed E-state index contributed by atoms with van der Waals surface area (Å²) in [5, 5.41) is 4.48. The molecular formula is C62H44N10. The SMILES string of the molecule is Cc1nc(C)nc(-c2ccc3c(c2)c2ccccc2n3-c2cccc(-c3cc(-c4nc(-c5ccccc5)cc(-c5ccccc5)n4)ccc3-n3c4ccccc4c4cc(-c5nc(C)nc(C)n5)ccc43)c2)n1. The molecule has 0 bridgehead atoms. The molecule has 0 aliphatic rings. The molecule has 0 saturated heterocycles. The Labute approximate surface area is 415 Å². The predicted molar refractivity (Wildman–Crippen MR) is 289 cm³/mol. The summed E-state index contributed by atoms with van der Waals surface area (Å²) in [6.45, 7) is 7.63. The molecule has 0 amide bonds. The molecule has 0 aliphatic heterocycles. The molecule has 8 aromatic carbocycles. The minimum absolute atomic E-state index is 0.635. The van der Waals surface area contributed by atoms with Gasteiger partial charge in [-0.2, -0.15) is 0 Å². The van der Waals surface area contributed by atoms with Gasteiger partial charge in [-0.3, -0.25) is 0 Å². The number of hydrogen-bond donors (Lipinski definition) is 0. The van der Waals surface area contributed by atoms with E-state index >= 15 is 0 Å². The van der Waals surface area contributed by atoms with Crippen LogP contribution in [0.5, 0.6) is 0 Å². The molecule has 342 valence electrons. The highest BCUT2D eigenvalue weighted by Gasteiger charge is 2.21. The standard InChI is InChI=1S/C62H44N10/c1-37-63-38(2)66-60(65-37)45-27-30-58-51(34-45)48-22-11-13-24-55(48)71(58)47-21-15-20-43(32-47)50-33-44(62-69-53(41-16-7-5-8-17-41)36-54(70-62)42-18-9-6-10-19-42)26-29-57(50)72-56-25-14-12-23-49(56)52-35-46(28-31-59(52)72)61-67-39(3)64-40(4)68-61/h5-36H,1-4H3. The topological polar surface area (TPSA) is 113 Å². The molecule has 0 unspecified atom stereocenters. The molecule has 0 atom stereocenters. The van der Waals surface area contributed by atoms with Gasteiger partial charge >= 0.3 is 0 Å². The maximum atomic E-state index is 5.29. The van der Waals surface area contributed by atoms with E-state index in [2.05, 4.69) is 177 Å². The first-order valence-electron chi connectivity index (χ1n) is 24.0. The maximum absolute atomic E-state index is 5.29. The Kier molecular flexibility index (Phi) is 10.1. The largest absolute Gasteiger partial charge is 0.309 e. The van der Waals surface area contributed by atoms with Crippen LogP contribution in [0.25, 0.3) is 123 Å². The highest BCUT2D eigenvalue weighted by atomic mass is 15.0. The van der Waals surface area contributed by atoms with E-state index in [0.717, 1.165) is 105 Å². The van der Waals surface area contributed by atoms with Gasteiger partial charge in [-0.1, -0.05) is 109 Å². The van der Waals surface area contributed by atoms with Crippen molar-refractivity contribution in [3.8, 4) is 79.2 Å². The number of para-hydroxylation sites is 2. The van der Waals surface area contributed by atoms with Crippen LogP contribution in [-0.4, -0.2) is 49.0 Å². The van der Waals surface area contributed by atoms with Gasteiger partial charge in [0.1, 0.15) is 23.3 Å². The average molecular weight is 929 g/mol. The zero-order valence-electron chi connectivity index (χ0n) is 39.9. The summed E-state index contributed by atoms with van der Waals surface area (Å²) in [6.07, 6.45) is 0. The average Bonchev–Trinajstić information content (AvgIpc) is 3.93. The van der Waals surface area contributed by atoms with Crippen molar-refractivity contribution >= 4 is 43.6 Å². The quantitative estimate of drug-likeness (QED) is 0.148. The molecule has 10 nitrogen and oxygen atoms in total. The lowest BCUT2D eigenvalue weighted by molar-refractivity contribution is 0.928. The van der Waals surface area contributed by atoms with E-state index in [-0.39, 0.29) is 0 Å². The van der Waals surface area contributed by atoms with Gasteiger partial charge in [0.15, 0.2) is 17.5 Å². The van der Waals surface area contributed by atoms with E-state index in [4.69, 9.17) is 29.9 Å². The summed E-state index contributed by atoms with van der Waals surface area (Å²) in [5.41, 5.74) is 14.9. The lowest BCUT2D eigenvalue weighted by Crippen LogP contribution is -2.01. The molecule has 13 rings (SSSR count). The third kappa shape index (κ3) is 7.44. The van der Waals surface area contributed by atoms with E-state index in [1.165, 1.54) is 0 Å². The van der Waals surface area contributed by atoms with Crippen molar-refractivity contribution in [3.63, 3.8) is 0 Å². The van der Waals surface area contributed by atoms with E-state index in [9.17, 15) is 0 Å². The Hall–Kier alpha value is -9.54. The first kappa shape index (κ1) is 42.6. The number of nitrogens with zero attached hydrogens (tertiary/aromatic N) is 10. The zero-order valence-corrected chi connectivity index (χ0v) is 39.9. The number of rotatable bonds is 8. The molecule has 0 radical (unpaired) electrons. The second-order valence-corrected chi connectivity index (χ2v) is 18.2. The fourth-order valence-electron chi connectivity index (χ4n) is 10.3. The van der Waals surface area contributed by atoms with Crippen LogP contribution in [0, 0.1) is 27.7 Å². The van der Waals surface area contributed by atoms with Gasteiger partial charge in [0.25, 0.3) is 0 Å². The van der Waals surface area contributed by atoms with E-state index < -0.39 is 0 Å². The molecule has 0 aliphatic carbocycles. The van der Waals surface area contributed by atoms with Gasteiger partial charge in [-0.25, -0.2) is 39.9 Å². The smallest absolute Gasteiger partial charge is 0.163 e. The number of fused-ring (bicyclic) bond motifs is 6. The van der Waals surface area contributed by atoms with Crippen molar-refractivity contribution in [3.05, 3.63) is 217 Å². The highest BCUT2D eigenvalue weighted by molar-refractivity contribution is 6.12. The predicted octanol–water partition coefficient (Wildman–Crippen LogP) is 14.3. The number of aryl methyl sites for hydroxylation is 4. The van der Waals surface area contributed by atoms with Gasteiger partial charge < -0.3 is 9.13 Å². The van der Waals surface area contributed by atoms with Crippen molar-refractivity contribution in [1.29, 1.82) is 0 Å². The molecule has 0 N–H and O–H groups in total. The monoisotopic (exact) mass is 928 g/mol. The van der Waals surface area contributed by atoms with Gasteiger partial charge in [-0.05, 0) is 118 Å². The van der Waals surface area contributed by atoms with Crippen molar-refractivity contribution in [2.75, 3.05) is 0 Å². The third-order valence-electron chi connectivity index (χ3n) is 13.4. The summed E-state index contributed by atoms with van der Waals surface area (Å²) < 4.78 is 4.74. The van der Waals surface area contributed by atoms with Gasteiger partial charge in [0.05, 0.1) is 39.1 Å². The summed E-state index contributed by atoms with van der Waals surface area (Å²) >= 11 is 0. The Bertz CT molecular complexity index is 4170. The fraction of sp³-hybridized carbons (Fsp3) is 0.0645. The number of benzene rings is 8. The second-order valence-electron chi connectivity index (χ2n) is 18.2. The van der Waals surface area contributed by atoms with Crippen molar-refractivity contribution in [2.45, 2.75) is 27.7 Å². The summed E-state index contributed by atoms with van der Waals surface area (Å²) in [6, 6.07) is 68.5. The Balaban J connectivity index is 1.04. The van der Waals surface area contributed by atoms with Crippen LogP contribution in [0.3, 0.4) is 0 Å². The van der Waals surface area contributed by atoms with Crippen LogP contribution in [0.2, 0.25) is 0 Å². The van der Waals surface area contributed by atoms with Crippen molar-refractivity contribution in [1.82, 2.24) is 49.0 Å². The van der Waals surface area contributed by atoms with Gasteiger partial charge in [0, 0.05) is 60.6 Å². The van der Waals surface area contributed by atoms with Crippen LogP contribution in [0.4, 0.5) is 0 Å². The number of hydrogen-bond acceptors (Lipinski definition) is 8. The summed E-state index contributed by atoms with van der Waals surface area (Å²) in [4.78, 5) is 38.4. The van der Waals surface area contributed by atoms with Gasteiger partial charge in [0.2, 0.25) is 0 Å². The van der Waals surface area contributed by atoms with Crippen LogP contribution in [0.1, 0.15) is 23.3 Å². The lowest BCUT2D eigenvalue weighted by atomic mass is 9.99. The minimum atomic E-state index is 0.635. The molecular weight excluding hydrogens is 885 g/mol. The van der Waals surface area contributed by atoms with Crippen LogP contribution in [-0.2, 0) is 0 Å². The minimum Gasteiger partial charge on any atom is -0.309 e. The molecule has 5 aromatic heterocycles. The second kappa shape index (κ2) is 17.1. The van der Waals surface area contributed by atoms with Crippen molar-refractivity contribution < 1.29 is 0 Å². The van der Waals surface area contributed by atoms with E-state index in [1.54, 1.807) is 0 Å². The van der Waals surface area contributed by atoms with Gasteiger partial charge in [-0.15, -0.1) is 0 Å². The highest BCUT2D eigenvalue weighted by Crippen LogP contribution is 2.41. The molecule has 0 saturated carbocycles. The normalized spacial score (nSPS) is 11.6. The molecule has 5 heterocycles. The van der Waals surface area contributed by atoms with Crippen molar-refractivity contribution in [2.24, 2.45) is 0 Å². The molecule has 0 fully saturated rings. The molecule has 10 heteroatoms. The Morgan fingerprint density at radius 3 is 1.26 bits per heavy atom.